The summed E-state index contributed by atoms with van der Waals surface area (Å²) in [6.45, 7) is 1.48. The Hall–Kier alpha value is -3.21. The van der Waals surface area contributed by atoms with Gasteiger partial charge in [0.05, 0.1) is 23.7 Å². The van der Waals surface area contributed by atoms with Crippen molar-refractivity contribution in [1.29, 1.82) is 0 Å². The van der Waals surface area contributed by atoms with Gasteiger partial charge in [-0.1, -0.05) is 6.08 Å². The van der Waals surface area contributed by atoms with Crippen LogP contribution in [0.1, 0.15) is 37.7 Å². The number of hydrogen-bond donors (Lipinski definition) is 3. The van der Waals surface area contributed by atoms with E-state index in [2.05, 4.69) is 30.8 Å². The summed E-state index contributed by atoms with van der Waals surface area (Å²) >= 11 is 0. The van der Waals surface area contributed by atoms with Gasteiger partial charge in [-0.15, -0.1) is 0 Å². The van der Waals surface area contributed by atoms with Gasteiger partial charge in [-0.05, 0) is 62.3 Å². The molecule has 8 nitrogen and oxygen atoms in total. The molecule has 1 aromatic heterocycles. The number of likely N-dealkylation sites (tertiary alicyclic amines) is 1. The van der Waals surface area contributed by atoms with E-state index >= 15 is 0 Å². The summed E-state index contributed by atoms with van der Waals surface area (Å²) in [4.78, 5) is 34.5. The first-order valence-electron chi connectivity index (χ1n) is 12.3. The molecule has 1 atom stereocenters. The maximum absolute atomic E-state index is 13.1. The largest absolute Gasteiger partial charge is 0.416 e. The van der Waals surface area contributed by atoms with Crippen molar-refractivity contribution >= 4 is 28.5 Å². The summed E-state index contributed by atoms with van der Waals surface area (Å²) in [5, 5.41) is 9.13. The van der Waals surface area contributed by atoms with E-state index in [4.69, 9.17) is 0 Å². The molecule has 3 aliphatic rings. The molecule has 0 spiro atoms. The Balaban J connectivity index is 1.06. The van der Waals surface area contributed by atoms with Crippen LogP contribution in [0.3, 0.4) is 0 Å². The fourth-order valence-electron chi connectivity index (χ4n) is 5.51. The normalized spacial score (nSPS) is 25.3. The second-order valence-electron chi connectivity index (χ2n) is 9.85. The molecule has 0 bridgehead atoms. The molecule has 11 heteroatoms. The average molecular weight is 503 g/mol. The number of hydrogen-bond acceptors (Lipinski definition) is 6. The lowest BCUT2D eigenvalue weighted by Gasteiger charge is -2.47. The third-order valence-corrected chi connectivity index (χ3v) is 7.47. The van der Waals surface area contributed by atoms with Crippen LogP contribution in [0.5, 0.6) is 0 Å². The van der Waals surface area contributed by atoms with E-state index < -0.39 is 11.7 Å². The monoisotopic (exact) mass is 502 g/mol. The molecule has 2 aliphatic heterocycles. The van der Waals surface area contributed by atoms with Crippen molar-refractivity contribution in [1.82, 2.24) is 25.5 Å². The van der Waals surface area contributed by atoms with E-state index in [0.29, 0.717) is 17.5 Å². The lowest BCUT2D eigenvalue weighted by Crippen LogP contribution is -2.63. The summed E-state index contributed by atoms with van der Waals surface area (Å²) in [5.74, 6) is 0.479. The van der Waals surface area contributed by atoms with Crippen LogP contribution in [-0.2, 0) is 15.8 Å². The molecular weight excluding hydrogens is 473 g/mol. The van der Waals surface area contributed by atoms with Crippen molar-refractivity contribution in [2.24, 2.45) is 5.92 Å². The zero-order valence-electron chi connectivity index (χ0n) is 19.7. The fourth-order valence-corrected chi connectivity index (χ4v) is 5.51. The Labute approximate surface area is 206 Å². The van der Waals surface area contributed by atoms with Gasteiger partial charge in [0.25, 0.3) is 0 Å². The number of rotatable bonds is 6. The average Bonchev–Trinajstić information content (AvgIpc) is 2.84. The first-order valence-corrected chi connectivity index (χ1v) is 12.3. The molecule has 2 amide bonds. The van der Waals surface area contributed by atoms with E-state index in [0.717, 1.165) is 57.3 Å². The van der Waals surface area contributed by atoms with E-state index in [-0.39, 0.29) is 41.6 Å². The lowest BCUT2D eigenvalue weighted by atomic mass is 9.78. The van der Waals surface area contributed by atoms with Crippen LogP contribution in [0.25, 0.3) is 10.9 Å². The smallest absolute Gasteiger partial charge is 0.360 e. The maximum atomic E-state index is 13.1. The summed E-state index contributed by atoms with van der Waals surface area (Å²) in [5.41, 5.74) is -0.422. The highest BCUT2D eigenvalue weighted by atomic mass is 19.4. The molecule has 2 fully saturated rings. The van der Waals surface area contributed by atoms with Gasteiger partial charge in [0.15, 0.2) is 0 Å². The maximum Gasteiger partial charge on any atom is 0.416 e. The molecule has 5 rings (SSSR count). The summed E-state index contributed by atoms with van der Waals surface area (Å²) < 4.78 is 39.3. The molecule has 3 heterocycles. The standard InChI is InChI=1S/C25H29F3N6O2/c26-25(27,28)16-6-9-21-19(10-16)24(31-14-30-21)29-11-23(36)32-17-12-34(13-17)18-7-4-15(5-8-18)20-2-1-3-22(35)33-20/h1,3,6,9-10,14-15,17-18,20H,2,4-5,7-8,11-13H2,(H,32,36)(H,33,35)(H,29,30,31)/t15?,18?,20-/m1/s1. The number of fused-ring (bicyclic) bond motifs is 1. The van der Waals surface area contributed by atoms with Gasteiger partial charge in [-0.25, -0.2) is 9.97 Å². The molecule has 36 heavy (non-hydrogen) atoms. The van der Waals surface area contributed by atoms with Crippen molar-refractivity contribution in [3.8, 4) is 0 Å². The zero-order chi connectivity index (χ0) is 25.3. The second-order valence-corrected chi connectivity index (χ2v) is 9.85. The van der Waals surface area contributed by atoms with Crippen LogP contribution in [0.2, 0.25) is 0 Å². The Kier molecular flexibility index (Phi) is 6.83. The summed E-state index contributed by atoms with van der Waals surface area (Å²) in [6.07, 6.45) is 5.60. The first-order chi connectivity index (χ1) is 17.3. The first kappa shape index (κ1) is 24.5. The van der Waals surface area contributed by atoms with Crippen LogP contribution in [0.15, 0.2) is 36.7 Å². The zero-order valence-corrected chi connectivity index (χ0v) is 19.7. The number of benzene rings is 1. The van der Waals surface area contributed by atoms with Gasteiger partial charge in [0.1, 0.15) is 12.1 Å². The fraction of sp³-hybridized carbons (Fsp3) is 0.520. The number of carbonyl (C=O) groups excluding carboxylic acids is 2. The van der Waals surface area contributed by atoms with E-state index in [9.17, 15) is 22.8 Å². The van der Waals surface area contributed by atoms with Gasteiger partial charge in [-0.3, -0.25) is 14.5 Å². The van der Waals surface area contributed by atoms with Crippen LogP contribution in [-0.4, -0.2) is 64.4 Å². The number of nitrogens with zero attached hydrogens (tertiary/aromatic N) is 3. The Morgan fingerprint density at radius 1 is 1.14 bits per heavy atom. The molecule has 192 valence electrons. The van der Waals surface area contributed by atoms with Crippen molar-refractivity contribution in [2.75, 3.05) is 25.0 Å². The third-order valence-electron chi connectivity index (χ3n) is 7.47. The minimum atomic E-state index is -4.48. The molecule has 1 aliphatic carbocycles. The number of aromatic nitrogens is 2. The van der Waals surface area contributed by atoms with E-state index in [1.807, 2.05) is 6.08 Å². The second kappa shape index (κ2) is 10.0. The topological polar surface area (TPSA) is 99.3 Å². The van der Waals surface area contributed by atoms with Gasteiger partial charge in [0, 0.05) is 30.6 Å². The highest BCUT2D eigenvalue weighted by molar-refractivity contribution is 5.91. The highest BCUT2D eigenvalue weighted by Gasteiger charge is 2.37. The van der Waals surface area contributed by atoms with E-state index in [1.54, 1.807) is 6.08 Å². The summed E-state index contributed by atoms with van der Waals surface area (Å²) in [7, 11) is 0. The van der Waals surface area contributed by atoms with Crippen LogP contribution in [0, 0.1) is 5.92 Å². The quantitative estimate of drug-likeness (QED) is 0.562. The van der Waals surface area contributed by atoms with Crippen molar-refractivity contribution in [2.45, 2.75) is 56.4 Å². The van der Waals surface area contributed by atoms with Crippen LogP contribution < -0.4 is 16.0 Å². The van der Waals surface area contributed by atoms with Crippen molar-refractivity contribution in [3.05, 3.63) is 42.2 Å². The molecular formula is C25H29F3N6O2. The number of nitrogens with one attached hydrogen (secondary N) is 3. The summed E-state index contributed by atoms with van der Waals surface area (Å²) in [6, 6.07) is 4.06. The minimum Gasteiger partial charge on any atom is -0.360 e. The van der Waals surface area contributed by atoms with Crippen LogP contribution in [0.4, 0.5) is 19.0 Å². The number of amides is 2. The Bertz CT molecular complexity index is 1160. The predicted molar refractivity (Wildman–Crippen MR) is 128 cm³/mol. The number of alkyl halides is 3. The predicted octanol–water partition coefficient (Wildman–Crippen LogP) is 2.86. The Morgan fingerprint density at radius 2 is 1.92 bits per heavy atom. The van der Waals surface area contributed by atoms with Gasteiger partial charge in [0.2, 0.25) is 11.8 Å². The van der Waals surface area contributed by atoms with Gasteiger partial charge < -0.3 is 16.0 Å². The number of anilines is 1. The van der Waals surface area contributed by atoms with Crippen molar-refractivity contribution < 1.29 is 22.8 Å². The third kappa shape index (κ3) is 5.45. The van der Waals surface area contributed by atoms with Gasteiger partial charge in [-0.2, -0.15) is 13.2 Å². The molecule has 1 saturated heterocycles. The van der Waals surface area contributed by atoms with Gasteiger partial charge >= 0.3 is 6.18 Å². The number of carbonyl (C=O) groups is 2. The molecule has 2 aromatic rings. The molecule has 0 unspecified atom stereocenters. The minimum absolute atomic E-state index is 0.00291. The molecule has 1 aromatic carbocycles. The molecule has 3 N–H and O–H groups in total. The lowest BCUT2D eigenvalue weighted by molar-refractivity contribution is -0.137. The highest BCUT2D eigenvalue weighted by Crippen LogP contribution is 2.34. The van der Waals surface area contributed by atoms with Crippen LogP contribution >= 0.6 is 0 Å². The van der Waals surface area contributed by atoms with E-state index in [1.165, 1.54) is 12.4 Å². The molecule has 0 radical (unpaired) electrons. The molecule has 1 saturated carbocycles. The Morgan fingerprint density at radius 3 is 2.64 bits per heavy atom. The number of halogens is 3. The SMILES string of the molecule is O=C1C=CC[C@H](C2CCC(N3CC(NC(=O)CNc4ncnc5ccc(C(F)(F)F)cc45)C3)CC2)N1. The van der Waals surface area contributed by atoms with Crippen molar-refractivity contribution in [3.63, 3.8) is 0 Å².